The molecule has 9 heteroatoms. The van der Waals surface area contributed by atoms with Gasteiger partial charge in [0, 0.05) is 13.1 Å². The molecule has 1 aliphatic heterocycles. The van der Waals surface area contributed by atoms with Gasteiger partial charge in [0.15, 0.2) is 0 Å². The smallest absolute Gasteiger partial charge is 0.414 e. The van der Waals surface area contributed by atoms with E-state index in [0.717, 1.165) is 36.0 Å². The van der Waals surface area contributed by atoms with Crippen LogP contribution in [0.4, 0.5) is 0 Å². The van der Waals surface area contributed by atoms with Crippen LogP contribution >= 0.6 is 23.5 Å². The quantitative estimate of drug-likeness (QED) is 0.630. The van der Waals surface area contributed by atoms with Crippen LogP contribution in [0.25, 0.3) is 5.57 Å². The van der Waals surface area contributed by atoms with Crippen LogP contribution in [0.3, 0.4) is 0 Å². The minimum Gasteiger partial charge on any atom is -0.473 e. The summed E-state index contributed by atoms with van der Waals surface area (Å²) < 4.78 is 8.83. The predicted molar refractivity (Wildman–Crippen MR) is 86.3 cm³/mol. The Kier molecular flexibility index (Phi) is 8.07. The number of hydrogen-bond acceptors (Lipinski definition) is 7. The van der Waals surface area contributed by atoms with Gasteiger partial charge >= 0.3 is 11.9 Å². The third kappa shape index (κ3) is 6.12. The topological polar surface area (TPSA) is 104 Å². The van der Waals surface area contributed by atoms with Crippen molar-refractivity contribution in [1.29, 1.82) is 0 Å². The highest BCUT2D eigenvalue weighted by molar-refractivity contribution is 7.99. The third-order valence-corrected chi connectivity index (χ3v) is 4.54. The lowest BCUT2D eigenvalue weighted by Crippen LogP contribution is -2.25. The summed E-state index contributed by atoms with van der Waals surface area (Å²) in [5.74, 6) is -2.52. The highest BCUT2D eigenvalue weighted by atomic mass is 32.2. The number of aliphatic carboxylic acids is 2. The molecule has 2 rings (SSSR count). The summed E-state index contributed by atoms with van der Waals surface area (Å²) in [7, 11) is 2.16. The molecule has 0 saturated heterocycles. The lowest BCUT2D eigenvalue weighted by molar-refractivity contribution is -0.159. The molecule has 0 bridgehead atoms. The Morgan fingerprint density at radius 3 is 2.59 bits per heavy atom. The molecule has 0 atom stereocenters. The molecule has 2 heterocycles. The van der Waals surface area contributed by atoms with Crippen LogP contribution in [0.2, 0.25) is 0 Å². The second-order valence-electron chi connectivity index (χ2n) is 4.63. The van der Waals surface area contributed by atoms with Gasteiger partial charge in [-0.1, -0.05) is 13.0 Å². The number of carboxylic acid groups (broad SMARTS) is 2. The fourth-order valence-electron chi connectivity index (χ4n) is 1.74. The molecule has 122 valence electrons. The van der Waals surface area contributed by atoms with E-state index in [4.69, 9.17) is 19.8 Å². The summed E-state index contributed by atoms with van der Waals surface area (Å²) in [6, 6.07) is 0. The van der Waals surface area contributed by atoms with E-state index < -0.39 is 11.9 Å². The molecule has 1 aromatic heterocycles. The summed E-state index contributed by atoms with van der Waals surface area (Å²) in [6.45, 7) is 4.35. The van der Waals surface area contributed by atoms with E-state index in [2.05, 4.69) is 33.7 Å². The molecule has 0 aromatic carbocycles. The SMILES string of the molecule is CCCSc1nsnc1C1=CCCN(C)C1.O=C(O)C(=O)O. The number of carbonyl (C=O) groups is 2. The molecule has 0 saturated carbocycles. The normalized spacial score (nSPS) is 14.7. The summed E-state index contributed by atoms with van der Waals surface area (Å²) in [5, 5.41) is 15.9. The standard InChI is InChI=1S/C11H17N3S2.C2H2O4/c1-3-7-15-11-10(12-16-13-11)9-5-4-6-14(2)8-9;3-1(4)2(5)6/h5H,3-4,6-8H2,1-2H3;(H,3,4)(H,5,6). The molecule has 22 heavy (non-hydrogen) atoms. The van der Waals surface area contributed by atoms with Gasteiger partial charge in [-0.3, -0.25) is 0 Å². The van der Waals surface area contributed by atoms with Crippen LogP contribution in [0.15, 0.2) is 11.1 Å². The van der Waals surface area contributed by atoms with Gasteiger partial charge < -0.3 is 15.1 Å². The molecule has 0 amide bonds. The average molecular weight is 345 g/mol. The maximum absolute atomic E-state index is 9.10. The minimum atomic E-state index is -1.82. The summed E-state index contributed by atoms with van der Waals surface area (Å²) in [6.07, 6.45) is 4.62. The molecule has 0 aliphatic carbocycles. The van der Waals surface area contributed by atoms with Crippen LogP contribution < -0.4 is 0 Å². The average Bonchev–Trinajstić information content (AvgIpc) is 2.94. The molecule has 0 fully saturated rings. The number of hydrogen-bond donors (Lipinski definition) is 2. The maximum Gasteiger partial charge on any atom is 0.414 e. The Hall–Kier alpha value is -1.45. The predicted octanol–water partition coefficient (Wildman–Crippen LogP) is 1.91. The van der Waals surface area contributed by atoms with Crippen molar-refractivity contribution in [3.8, 4) is 0 Å². The molecule has 0 spiro atoms. The van der Waals surface area contributed by atoms with Crippen molar-refractivity contribution in [3.63, 3.8) is 0 Å². The van der Waals surface area contributed by atoms with E-state index in [1.54, 1.807) is 0 Å². The molecule has 1 aromatic rings. The molecule has 2 N–H and O–H groups in total. The van der Waals surface area contributed by atoms with Crippen LogP contribution in [0.1, 0.15) is 25.5 Å². The van der Waals surface area contributed by atoms with E-state index in [1.807, 2.05) is 11.8 Å². The Bertz CT molecular complexity index is 533. The second kappa shape index (κ2) is 9.54. The van der Waals surface area contributed by atoms with Crippen molar-refractivity contribution >= 4 is 41.0 Å². The lowest BCUT2D eigenvalue weighted by atomic mass is 10.1. The van der Waals surface area contributed by atoms with Crippen molar-refractivity contribution < 1.29 is 19.8 Å². The third-order valence-electron chi connectivity index (χ3n) is 2.73. The Labute approximate surface area is 137 Å². The zero-order valence-corrected chi connectivity index (χ0v) is 14.1. The van der Waals surface area contributed by atoms with Gasteiger partial charge in [0.05, 0.1) is 11.7 Å². The van der Waals surface area contributed by atoms with Crippen molar-refractivity contribution in [2.75, 3.05) is 25.9 Å². The van der Waals surface area contributed by atoms with Gasteiger partial charge in [-0.2, -0.15) is 8.75 Å². The number of nitrogens with zero attached hydrogens (tertiary/aromatic N) is 3. The van der Waals surface area contributed by atoms with Crippen LogP contribution in [0, 0.1) is 0 Å². The van der Waals surface area contributed by atoms with Crippen molar-refractivity contribution in [3.05, 3.63) is 11.8 Å². The molecule has 7 nitrogen and oxygen atoms in total. The Morgan fingerprint density at radius 1 is 1.36 bits per heavy atom. The van der Waals surface area contributed by atoms with Crippen LogP contribution in [-0.4, -0.2) is 61.7 Å². The first-order chi connectivity index (χ1) is 10.5. The Morgan fingerprint density at radius 2 is 2.05 bits per heavy atom. The maximum atomic E-state index is 9.10. The fourth-order valence-corrected chi connectivity index (χ4v) is 3.30. The van der Waals surface area contributed by atoms with Crippen molar-refractivity contribution in [1.82, 2.24) is 13.6 Å². The number of likely N-dealkylation sites (N-methyl/N-ethyl adjacent to an activating group) is 1. The second-order valence-corrected chi connectivity index (χ2v) is 6.24. The van der Waals surface area contributed by atoms with Gasteiger partial charge in [-0.05, 0) is 31.2 Å². The van der Waals surface area contributed by atoms with Gasteiger partial charge in [0.1, 0.15) is 10.7 Å². The summed E-state index contributed by atoms with van der Waals surface area (Å²) >= 11 is 3.16. The first kappa shape index (κ1) is 18.6. The lowest BCUT2D eigenvalue weighted by Gasteiger charge is -2.22. The first-order valence-corrected chi connectivity index (χ1v) is 8.46. The zero-order chi connectivity index (χ0) is 16.5. The van der Waals surface area contributed by atoms with E-state index in [0.29, 0.717) is 0 Å². The Balaban J connectivity index is 0.000000346. The summed E-state index contributed by atoms with van der Waals surface area (Å²) in [5.41, 5.74) is 2.47. The molecular weight excluding hydrogens is 326 g/mol. The van der Waals surface area contributed by atoms with Crippen LogP contribution in [0.5, 0.6) is 0 Å². The van der Waals surface area contributed by atoms with E-state index in [9.17, 15) is 0 Å². The molecular formula is C13H19N3O4S2. The summed E-state index contributed by atoms with van der Waals surface area (Å²) in [4.78, 5) is 20.5. The monoisotopic (exact) mass is 345 g/mol. The largest absolute Gasteiger partial charge is 0.473 e. The number of thioether (sulfide) groups is 1. The number of carboxylic acids is 2. The highest BCUT2D eigenvalue weighted by Crippen LogP contribution is 2.28. The number of rotatable bonds is 4. The fraction of sp³-hybridized carbons (Fsp3) is 0.538. The number of aromatic nitrogens is 2. The van der Waals surface area contributed by atoms with E-state index in [1.165, 1.54) is 23.7 Å². The van der Waals surface area contributed by atoms with Crippen LogP contribution in [-0.2, 0) is 9.59 Å². The van der Waals surface area contributed by atoms with Crippen molar-refractivity contribution in [2.45, 2.75) is 24.8 Å². The first-order valence-electron chi connectivity index (χ1n) is 6.75. The molecule has 0 radical (unpaired) electrons. The van der Waals surface area contributed by atoms with Gasteiger partial charge in [-0.25, -0.2) is 9.59 Å². The molecule has 1 aliphatic rings. The minimum absolute atomic E-state index is 1.01. The van der Waals surface area contributed by atoms with Gasteiger partial charge in [0.2, 0.25) is 0 Å². The van der Waals surface area contributed by atoms with Crippen molar-refractivity contribution in [2.24, 2.45) is 0 Å². The van der Waals surface area contributed by atoms with Gasteiger partial charge in [-0.15, -0.1) is 11.8 Å². The zero-order valence-electron chi connectivity index (χ0n) is 12.5. The van der Waals surface area contributed by atoms with Gasteiger partial charge in [0.25, 0.3) is 0 Å². The molecule has 0 unspecified atom stereocenters. The van der Waals surface area contributed by atoms with E-state index in [-0.39, 0.29) is 0 Å². The van der Waals surface area contributed by atoms with E-state index >= 15 is 0 Å². The highest BCUT2D eigenvalue weighted by Gasteiger charge is 2.17.